The Morgan fingerprint density at radius 2 is 1.35 bits per heavy atom. The van der Waals surface area contributed by atoms with Crippen molar-refractivity contribution in [1.29, 1.82) is 0 Å². The molecular formula is C17H22. The van der Waals surface area contributed by atoms with Crippen LogP contribution in [0.25, 0.3) is 0 Å². The summed E-state index contributed by atoms with van der Waals surface area (Å²) in [4.78, 5) is 0. The second-order valence-electron chi connectivity index (χ2n) is 5.10. The molecule has 90 valence electrons. The molecule has 0 bridgehead atoms. The Kier molecular flexibility index (Phi) is 4.68. The van der Waals surface area contributed by atoms with Crippen molar-refractivity contribution < 1.29 is 0 Å². The third kappa shape index (κ3) is 3.63. The van der Waals surface area contributed by atoms with Gasteiger partial charge in [-0.1, -0.05) is 44.1 Å². The maximum absolute atomic E-state index is 5.48. The van der Waals surface area contributed by atoms with Crippen LogP contribution in [0, 0.1) is 12.3 Å². The zero-order chi connectivity index (χ0) is 11.9. The molecule has 0 spiro atoms. The van der Waals surface area contributed by atoms with Crippen LogP contribution in [-0.4, -0.2) is 0 Å². The minimum absolute atomic E-state index is 1.04. The Balaban J connectivity index is 2.15. The van der Waals surface area contributed by atoms with Gasteiger partial charge in [0.25, 0.3) is 0 Å². The first-order valence-corrected chi connectivity index (χ1v) is 6.98. The summed E-state index contributed by atoms with van der Waals surface area (Å²) in [5, 5.41) is 0. The predicted octanol–water partition coefficient (Wildman–Crippen LogP) is 4.50. The smallest absolute Gasteiger partial charge is 0.0245 e. The van der Waals surface area contributed by atoms with Gasteiger partial charge in [-0.2, -0.15) is 0 Å². The molecule has 0 saturated heterocycles. The third-order valence-electron chi connectivity index (χ3n) is 3.77. The van der Waals surface area contributed by atoms with Crippen molar-refractivity contribution in [3.63, 3.8) is 0 Å². The van der Waals surface area contributed by atoms with E-state index in [1.165, 1.54) is 68.9 Å². The Morgan fingerprint density at radius 1 is 0.765 bits per heavy atom. The quantitative estimate of drug-likeness (QED) is 0.571. The van der Waals surface area contributed by atoms with E-state index < -0.39 is 0 Å². The molecule has 1 aromatic rings. The second-order valence-corrected chi connectivity index (χ2v) is 5.10. The number of fused-ring (bicyclic) bond motifs is 1. The lowest BCUT2D eigenvalue weighted by molar-refractivity contribution is 0.587. The fraction of sp³-hybridized carbons (Fsp3) is 0.529. The monoisotopic (exact) mass is 226 g/mol. The van der Waals surface area contributed by atoms with Crippen LogP contribution in [0.15, 0.2) is 18.2 Å². The number of benzene rings is 1. The van der Waals surface area contributed by atoms with Gasteiger partial charge in [0, 0.05) is 5.56 Å². The fourth-order valence-electron chi connectivity index (χ4n) is 2.71. The van der Waals surface area contributed by atoms with E-state index in [-0.39, 0.29) is 0 Å². The average molecular weight is 226 g/mol. The van der Waals surface area contributed by atoms with Gasteiger partial charge in [0.15, 0.2) is 0 Å². The largest absolute Gasteiger partial charge is 0.115 e. The van der Waals surface area contributed by atoms with E-state index in [2.05, 4.69) is 24.1 Å². The molecule has 17 heavy (non-hydrogen) atoms. The number of hydrogen-bond donors (Lipinski definition) is 0. The van der Waals surface area contributed by atoms with Crippen molar-refractivity contribution >= 4 is 0 Å². The molecule has 0 amide bonds. The summed E-state index contributed by atoms with van der Waals surface area (Å²) in [5.74, 6) is 2.75. The van der Waals surface area contributed by atoms with Crippen LogP contribution < -0.4 is 0 Å². The maximum atomic E-state index is 5.48. The molecular weight excluding hydrogens is 204 g/mol. The van der Waals surface area contributed by atoms with Crippen molar-refractivity contribution in [2.24, 2.45) is 0 Å². The fourth-order valence-corrected chi connectivity index (χ4v) is 2.71. The molecule has 0 radical (unpaired) electrons. The molecule has 0 aromatic heterocycles. The number of rotatable bonds is 0. The highest BCUT2D eigenvalue weighted by Gasteiger charge is 2.05. The lowest BCUT2D eigenvalue weighted by Crippen LogP contribution is -1.96. The molecule has 0 unspecified atom stereocenters. The van der Waals surface area contributed by atoms with Gasteiger partial charge in [-0.25, -0.2) is 0 Å². The number of aryl methyl sites for hydroxylation is 2. The molecule has 0 aliphatic heterocycles. The van der Waals surface area contributed by atoms with E-state index >= 15 is 0 Å². The first-order chi connectivity index (χ1) is 8.40. The van der Waals surface area contributed by atoms with Crippen molar-refractivity contribution in [1.82, 2.24) is 0 Å². The van der Waals surface area contributed by atoms with Crippen molar-refractivity contribution in [3.8, 4) is 12.3 Å². The van der Waals surface area contributed by atoms with Crippen LogP contribution in [0.3, 0.4) is 0 Å². The Labute approximate surface area is 105 Å². The standard InChI is InChI=1S/C17H22/c1-2-15-12-13-16-10-8-6-4-3-5-7-9-11-17(16)14-15/h1,12-14H,3-11H2. The summed E-state index contributed by atoms with van der Waals surface area (Å²) < 4.78 is 0. The van der Waals surface area contributed by atoms with Gasteiger partial charge in [-0.3, -0.25) is 0 Å². The van der Waals surface area contributed by atoms with Crippen LogP contribution >= 0.6 is 0 Å². The average Bonchev–Trinajstić information content (AvgIpc) is 2.42. The molecule has 1 aromatic carbocycles. The molecule has 0 nitrogen and oxygen atoms in total. The summed E-state index contributed by atoms with van der Waals surface area (Å²) in [7, 11) is 0. The molecule has 0 N–H and O–H groups in total. The molecule has 0 heteroatoms. The highest BCUT2D eigenvalue weighted by molar-refractivity contribution is 5.40. The van der Waals surface area contributed by atoms with E-state index in [0.29, 0.717) is 0 Å². The topological polar surface area (TPSA) is 0 Å². The first-order valence-electron chi connectivity index (χ1n) is 6.98. The summed E-state index contributed by atoms with van der Waals surface area (Å²) in [6.45, 7) is 0. The van der Waals surface area contributed by atoms with Gasteiger partial charge < -0.3 is 0 Å². The van der Waals surface area contributed by atoms with Crippen LogP contribution in [0.5, 0.6) is 0 Å². The lowest BCUT2D eigenvalue weighted by atomic mass is 9.96. The van der Waals surface area contributed by atoms with Gasteiger partial charge in [0.2, 0.25) is 0 Å². The molecule has 0 saturated carbocycles. The molecule has 1 aliphatic rings. The Morgan fingerprint density at radius 3 is 2.00 bits per heavy atom. The van der Waals surface area contributed by atoms with Crippen LogP contribution in [0.4, 0.5) is 0 Å². The molecule has 1 aliphatic carbocycles. The summed E-state index contributed by atoms with van der Waals surface area (Å²) in [6.07, 6.45) is 17.6. The van der Waals surface area contributed by atoms with Crippen molar-refractivity contribution in [2.45, 2.75) is 57.8 Å². The SMILES string of the molecule is C#Cc1ccc2c(c1)CCCCCCCCC2. The van der Waals surface area contributed by atoms with Crippen LogP contribution in [-0.2, 0) is 12.8 Å². The van der Waals surface area contributed by atoms with Crippen molar-refractivity contribution in [2.75, 3.05) is 0 Å². The third-order valence-corrected chi connectivity index (χ3v) is 3.77. The normalized spacial score (nSPS) is 17.6. The molecule has 2 rings (SSSR count). The zero-order valence-corrected chi connectivity index (χ0v) is 10.7. The van der Waals surface area contributed by atoms with Gasteiger partial charge in [0.1, 0.15) is 0 Å². The predicted molar refractivity (Wildman–Crippen MR) is 74.1 cm³/mol. The van der Waals surface area contributed by atoms with E-state index in [1.807, 2.05) is 0 Å². The van der Waals surface area contributed by atoms with E-state index in [1.54, 1.807) is 0 Å². The highest BCUT2D eigenvalue weighted by atomic mass is 14.1. The van der Waals surface area contributed by atoms with Crippen LogP contribution in [0.2, 0.25) is 0 Å². The van der Waals surface area contributed by atoms with Crippen molar-refractivity contribution in [3.05, 3.63) is 34.9 Å². The maximum Gasteiger partial charge on any atom is 0.0245 e. The van der Waals surface area contributed by atoms with Gasteiger partial charge in [-0.15, -0.1) is 6.42 Å². The van der Waals surface area contributed by atoms with Gasteiger partial charge in [0.05, 0.1) is 0 Å². The second kappa shape index (κ2) is 6.50. The van der Waals surface area contributed by atoms with Crippen LogP contribution in [0.1, 0.15) is 61.6 Å². The summed E-state index contributed by atoms with van der Waals surface area (Å²) >= 11 is 0. The van der Waals surface area contributed by atoms with Gasteiger partial charge >= 0.3 is 0 Å². The zero-order valence-electron chi connectivity index (χ0n) is 10.7. The van der Waals surface area contributed by atoms with E-state index in [9.17, 15) is 0 Å². The first kappa shape index (κ1) is 12.2. The van der Waals surface area contributed by atoms with E-state index in [0.717, 1.165) is 5.56 Å². The Bertz CT molecular complexity index is 395. The molecule has 0 atom stereocenters. The molecule has 0 heterocycles. The minimum atomic E-state index is 1.04. The van der Waals surface area contributed by atoms with E-state index in [4.69, 9.17) is 6.42 Å². The summed E-state index contributed by atoms with van der Waals surface area (Å²) in [6, 6.07) is 6.58. The Hall–Kier alpha value is -1.22. The summed E-state index contributed by atoms with van der Waals surface area (Å²) in [5.41, 5.74) is 4.08. The lowest BCUT2D eigenvalue weighted by Gasteiger charge is -2.09. The number of terminal acetylenes is 1. The van der Waals surface area contributed by atoms with Gasteiger partial charge in [-0.05, 0) is 48.9 Å². The number of hydrogen-bond acceptors (Lipinski definition) is 0. The minimum Gasteiger partial charge on any atom is -0.115 e. The molecule has 0 fully saturated rings. The highest BCUT2D eigenvalue weighted by Crippen LogP contribution is 2.20.